The van der Waals surface area contributed by atoms with E-state index < -0.39 is 5.60 Å². The van der Waals surface area contributed by atoms with Crippen LogP contribution in [0.5, 0.6) is 0 Å². The van der Waals surface area contributed by atoms with E-state index >= 15 is 0 Å². The van der Waals surface area contributed by atoms with Crippen LogP contribution in [0.3, 0.4) is 0 Å². The van der Waals surface area contributed by atoms with Crippen LogP contribution in [0.15, 0.2) is 35.9 Å². The van der Waals surface area contributed by atoms with E-state index in [1.54, 1.807) is 4.90 Å². The summed E-state index contributed by atoms with van der Waals surface area (Å²) >= 11 is 0. The second-order valence-electron chi connectivity index (χ2n) is 7.01. The summed E-state index contributed by atoms with van der Waals surface area (Å²) in [6.45, 7) is 7.09. The second kappa shape index (κ2) is 7.62. The first kappa shape index (κ1) is 17.5. The molecule has 0 saturated carbocycles. The van der Waals surface area contributed by atoms with Gasteiger partial charge >= 0.3 is 6.09 Å². The molecule has 0 bridgehead atoms. The Kier molecular flexibility index (Phi) is 5.80. The lowest BCUT2D eigenvalue weighted by molar-refractivity contribution is 0.0258. The summed E-state index contributed by atoms with van der Waals surface area (Å²) in [6, 6.07) is 6.61. The van der Waals surface area contributed by atoms with E-state index in [1.165, 1.54) is 17.7 Å². The van der Waals surface area contributed by atoms with Crippen molar-refractivity contribution in [2.24, 2.45) is 0 Å². The van der Waals surface area contributed by atoms with E-state index in [-0.39, 0.29) is 11.9 Å². The number of ether oxygens (including phenoxy) is 1. The van der Waals surface area contributed by atoms with Gasteiger partial charge in [0.05, 0.1) is 0 Å². The third-order valence-electron chi connectivity index (χ3n) is 3.82. The van der Waals surface area contributed by atoms with Crippen molar-refractivity contribution in [1.82, 2.24) is 4.90 Å². The zero-order valence-corrected chi connectivity index (χ0v) is 14.3. The lowest BCUT2D eigenvalue weighted by atomic mass is 10.0. The third kappa shape index (κ3) is 6.05. The molecule has 0 radical (unpaired) electrons. The maximum atomic E-state index is 12.9. The summed E-state index contributed by atoms with van der Waals surface area (Å²) in [5.41, 5.74) is 2.01. The van der Waals surface area contributed by atoms with Gasteiger partial charge in [-0.05, 0) is 64.2 Å². The molecule has 1 amide bonds. The van der Waals surface area contributed by atoms with E-state index in [0.717, 1.165) is 37.8 Å². The largest absolute Gasteiger partial charge is 0.444 e. The molecule has 1 fully saturated rings. The zero-order chi connectivity index (χ0) is 16.9. The molecule has 0 N–H and O–H groups in total. The third-order valence-corrected chi connectivity index (χ3v) is 3.82. The number of rotatable bonds is 2. The monoisotopic (exact) mass is 319 g/mol. The number of carbonyl (C=O) groups is 1. The molecule has 1 aromatic rings. The normalized spacial score (nSPS) is 17.9. The van der Waals surface area contributed by atoms with Gasteiger partial charge < -0.3 is 9.64 Å². The van der Waals surface area contributed by atoms with Gasteiger partial charge in [0.25, 0.3) is 0 Å². The van der Waals surface area contributed by atoms with E-state index in [0.29, 0.717) is 6.54 Å². The average Bonchev–Trinajstić information content (AvgIpc) is 2.70. The predicted molar refractivity (Wildman–Crippen MR) is 89.8 cm³/mol. The molecule has 4 heteroatoms. The lowest BCUT2D eigenvalue weighted by Gasteiger charge is -2.26. The first-order chi connectivity index (χ1) is 10.8. The molecule has 0 aliphatic carbocycles. The molecule has 2 rings (SSSR count). The van der Waals surface area contributed by atoms with Gasteiger partial charge in [-0.3, -0.25) is 0 Å². The Morgan fingerprint density at radius 3 is 2.57 bits per heavy atom. The molecule has 0 spiro atoms. The topological polar surface area (TPSA) is 29.5 Å². The van der Waals surface area contributed by atoms with Crippen LogP contribution in [-0.4, -0.2) is 29.7 Å². The van der Waals surface area contributed by atoms with Crippen molar-refractivity contribution in [3.05, 3.63) is 47.3 Å². The summed E-state index contributed by atoms with van der Waals surface area (Å²) < 4.78 is 18.3. The molecule has 0 atom stereocenters. The highest BCUT2D eigenvalue weighted by atomic mass is 19.1. The van der Waals surface area contributed by atoms with Crippen LogP contribution in [0.1, 0.15) is 45.6 Å². The maximum absolute atomic E-state index is 12.9. The number of hydrogen-bond donors (Lipinski definition) is 0. The fraction of sp³-hybridized carbons (Fsp3) is 0.526. The number of nitrogens with zero attached hydrogens (tertiary/aromatic N) is 1. The van der Waals surface area contributed by atoms with Crippen molar-refractivity contribution >= 4 is 6.09 Å². The van der Waals surface area contributed by atoms with Crippen molar-refractivity contribution in [2.75, 3.05) is 13.1 Å². The average molecular weight is 319 g/mol. The Morgan fingerprint density at radius 1 is 1.22 bits per heavy atom. The Morgan fingerprint density at radius 2 is 1.91 bits per heavy atom. The van der Waals surface area contributed by atoms with Crippen LogP contribution in [0.25, 0.3) is 0 Å². The van der Waals surface area contributed by atoms with Gasteiger partial charge in [-0.25, -0.2) is 9.18 Å². The van der Waals surface area contributed by atoms with Gasteiger partial charge in [-0.15, -0.1) is 0 Å². The van der Waals surface area contributed by atoms with Crippen molar-refractivity contribution in [3.8, 4) is 0 Å². The Balaban J connectivity index is 1.89. The summed E-state index contributed by atoms with van der Waals surface area (Å²) in [5.74, 6) is -0.205. The summed E-state index contributed by atoms with van der Waals surface area (Å²) in [7, 11) is 0. The Hall–Kier alpha value is -1.84. The molecule has 126 valence electrons. The highest BCUT2D eigenvalue weighted by molar-refractivity contribution is 5.68. The van der Waals surface area contributed by atoms with Crippen molar-refractivity contribution in [2.45, 2.75) is 52.1 Å². The molecule has 23 heavy (non-hydrogen) atoms. The van der Waals surface area contributed by atoms with Crippen LogP contribution >= 0.6 is 0 Å². The number of halogens is 1. The number of carbonyl (C=O) groups excluding carboxylic acids is 1. The van der Waals surface area contributed by atoms with Gasteiger partial charge in [-0.2, -0.15) is 0 Å². The van der Waals surface area contributed by atoms with Crippen LogP contribution in [0.4, 0.5) is 9.18 Å². The number of allylic oxidation sites excluding steroid dienone is 1. The highest BCUT2D eigenvalue weighted by Crippen LogP contribution is 2.19. The summed E-state index contributed by atoms with van der Waals surface area (Å²) in [4.78, 5) is 13.9. The Bertz CT molecular complexity index is 558. The SMILES string of the molecule is CC(C)(C)OC(=O)N1CCC/C(=C\Cc2ccc(F)cc2)CC1. The van der Waals surface area contributed by atoms with Gasteiger partial charge in [0.1, 0.15) is 11.4 Å². The standard InChI is InChI=1S/C19H26FNO2/c1-19(2,3)23-18(22)21-13-4-5-15(12-14-21)6-7-16-8-10-17(20)11-9-16/h6,8-11H,4-5,7,12-14H2,1-3H3/b15-6+. The van der Waals surface area contributed by atoms with Crippen LogP contribution in [-0.2, 0) is 11.2 Å². The molecule has 1 aromatic carbocycles. The fourth-order valence-electron chi connectivity index (χ4n) is 2.61. The van der Waals surface area contributed by atoms with Crippen LogP contribution < -0.4 is 0 Å². The van der Waals surface area contributed by atoms with E-state index in [4.69, 9.17) is 4.74 Å². The first-order valence-electron chi connectivity index (χ1n) is 8.24. The van der Waals surface area contributed by atoms with Crippen LogP contribution in [0.2, 0.25) is 0 Å². The smallest absolute Gasteiger partial charge is 0.410 e. The number of benzene rings is 1. The molecule has 0 aromatic heterocycles. The summed E-state index contributed by atoms with van der Waals surface area (Å²) in [6.07, 6.45) is 5.63. The summed E-state index contributed by atoms with van der Waals surface area (Å²) in [5, 5.41) is 0. The minimum absolute atomic E-state index is 0.205. The minimum Gasteiger partial charge on any atom is -0.444 e. The number of amides is 1. The molecule has 1 saturated heterocycles. The number of likely N-dealkylation sites (tertiary alicyclic amines) is 1. The lowest BCUT2D eigenvalue weighted by Crippen LogP contribution is -2.37. The number of hydrogen-bond acceptors (Lipinski definition) is 2. The van der Waals surface area contributed by atoms with Crippen molar-refractivity contribution in [1.29, 1.82) is 0 Å². The fourth-order valence-corrected chi connectivity index (χ4v) is 2.61. The molecule has 0 unspecified atom stereocenters. The van der Waals surface area contributed by atoms with E-state index in [1.807, 2.05) is 32.9 Å². The van der Waals surface area contributed by atoms with Gasteiger partial charge in [0.2, 0.25) is 0 Å². The van der Waals surface area contributed by atoms with E-state index in [9.17, 15) is 9.18 Å². The quantitative estimate of drug-likeness (QED) is 0.738. The van der Waals surface area contributed by atoms with Gasteiger partial charge in [0, 0.05) is 13.1 Å². The zero-order valence-electron chi connectivity index (χ0n) is 14.3. The molecule has 3 nitrogen and oxygen atoms in total. The minimum atomic E-state index is -0.454. The molecule has 1 aliphatic rings. The molecular weight excluding hydrogens is 293 g/mol. The molecule has 1 heterocycles. The molecular formula is C19H26FNO2. The Labute approximate surface area is 138 Å². The van der Waals surface area contributed by atoms with Crippen LogP contribution in [0, 0.1) is 5.82 Å². The van der Waals surface area contributed by atoms with Gasteiger partial charge in [-0.1, -0.05) is 23.8 Å². The highest BCUT2D eigenvalue weighted by Gasteiger charge is 2.23. The van der Waals surface area contributed by atoms with Gasteiger partial charge in [0.15, 0.2) is 0 Å². The first-order valence-corrected chi connectivity index (χ1v) is 8.24. The maximum Gasteiger partial charge on any atom is 0.410 e. The predicted octanol–water partition coefficient (Wildman–Crippen LogP) is 4.72. The second-order valence-corrected chi connectivity index (χ2v) is 7.01. The van der Waals surface area contributed by atoms with E-state index in [2.05, 4.69) is 6.08 Å². The van der Waals surface area contributed by atoms with Crippen molar-refractivity contribution < 1.29 is 13.9 Å². The molecule has 1 aliphatic heterocycles. The van der Waals surface area contributed by atoms with Crippen molar-refractivity contribution in [3.63, 3.8) is 0 Å².